The fourth-order valence-electron chi connectivity index (χ4n) is 3.96. The Hall–Kier alpha value is -2.76. The second-order valence-corrected chi connectivity index (χ2v) is 9.43. The van der Waals surface area contributed by atoms with Gasteiger partial charge in [-0.05, 0) is 59.2 Å². The highest BCUT2D eigenvalue weighted by Crippen LogP contribution is 2.33. The van der Waals surface area contributed by atoms with Gasteiger partial charge in [-0.3, -0.25) is 4.79 Å². The predicted molar refractivity (Wildman–Crippen MR) is 119 cm³/mol. The Kier molecular flexibility index (Phi) is 6.25. The molecule has 1 aromatic heterocycles. The second-order valence-electron chi connectivity index (χ2n) is 9.43. The highest BCUT2D eigenvalue weighted by molar-refractivity contribution is 5.85. The summed E-state index contributed by atoms with van der Waals surface area (Å²) >= 11 is 0. The Morgan fingerprint density at radius 1 is 1.17 bits per heavy atom. The van der Waals surface area contributed by atoms with Crippen molar-refractivity contribution in [3.05, 3.63) is 59.4 Å². The highest BCUT2D eigenvalue weighted by Gasteiger charge is 2.34. The van der Waals surface area contributed by atoms with Crippen LogP contribution in [0.1, 0.15) is 57.5 Å². The molecule has 1 atom stereocenters. The van der Waals surface area contributed by atoms with Crippen LogP contribution in [-0.2, 0) is 11.3 Å². The molecule has 2 aromatic rings. The maximum absolute atomic E-state index is 13.5. The van der Waals surface area contributed by atoms with Crippen molar-refractivity contribution in [3.8, 4) is 0 Å². The predicted octanol–water partition coefficient (Wildman–Crippen LogP) is 3.95. The van der Waals surface area contributed by atoms with Crippen LogP contribution in [-0.4, -0.2) is 51.0 Å². The average Bonchev–Trinajstić information content (AvgIpc) is 3.12. The number of fused-ring (bicyclic) bond motifs is 1. The molecule has 0 spiro atoms. The number of amides is 3. The monoisotopic (exact) mass is 410 g/mol. The molecule has 3 rings (SSSR count). The van der Waals surface area contributed by atoms with Crippen LogP contribution in [0.2, 0.25) is 0 Å². The van der Waals surface area contributed by atoms with Crippen molar-refractivity contribution in [2.75, 3.05) is 13.1 Å². The Morgan fingerprint density at radius 2 is 1.90 bits per heavy atom. The summed E-state index contributed by atoms with van der Waals surface area (Å²) in [6.45, 7) is 13.2. The molecule has 6 heteroatoms. The molecule has 1 N–H and O–H groups in total. The number of aryl methyl sites for hydroxylation is 1. The van der Waals surface area contributed by atoms with Crippen LogP contribution in [0.5, 0.6) is 0 Å². The Morgan fingerprint density at radius 3 is 2.53 bits per heavy atom. The van der Waals surface area contributed by atoms with E-state index in [9.17, 15) is 9.59 Å². The molecule has 0 radical (unpaired) electrons. The number of hydrogen-bond acceptors (Lipinski definition) is 2. The van der Waals surface area contributed by atoms with Gasteiger partial charge in [0.05, 0.1) is 6.04 Å². The average molecular weight is 411 g/mol. The van der Waals surface area contributed by atoms with Gasteiger partial charge in [0.1, 0.15) is 6.54 Å². The van der Waals surface area contributed by atoms with Gasteiger partial charge in [-0.25, -0.2) is 4.79 Å². The largest absolute Gasteiger partial charge is 0.348 e. The Bertz CT molecular complexity index is 910. The van der Waals surface area contributed by atoms with Gasteiger partial charge < -0.3 is 19.7 Å². The van der Waals surface area contributed by atoms with Crippen LogP contribution in [0.25, 0.3) is 0 Å². The summed E-state index contributed by atoms with van der Waals surface area (Å²) in [5.41, 5.74) is 3.01. The van der Waals surface area contributed by atoms with E-state index in [1.54, 1.807) is 4.90 Å². The van der Waals surface area contributed by atoms with E-state index in [0.717, 1.165) is 23.4 Å². The molecule has 1 aromatic carbocycles. The summed E-state index contributed by atoms with van der Waals surface area (Å²) < 4.78 is 2.21. The zero-order valence-corrected chi connectivity index (χ0v) is 19.0. The van der Waals surface area contributed by atoms with Gasteiger partial charge in [-0.2, -0.15) is 0 Å². The fraction of sp³-hybridized carbons (Fsp3) is 0.500. The van der Waals surface area contributed by atoms with E-state index >= 15 is 0 Å². The lowest BCUT2D eigenvalue weighted by Crippen LogP contribution is -2.54. The maximum Gasteiger partial charge on any atom is 0.318 e. The smallest absolute Gasteiger partial charge is 0.318 e. The number of hydrogen-bond donors (Lipinski definition) is 1. The molecule has 2 heterocycles. The van der Waals surface area contributed by atoms with Crippen molar-refractivity contribution in [3.63, 3.8) is 0 Å². The highest BCUT2D eigenvalue weighted by atomic mass is 16.2. The van der Waals surface area contributed by atoms with Crippen molar-refractivity contribution < 1.29 is 9.59 Å². The molecule has 0 aliphatic carbocycles. The minimum absolute atomic E-state index is 0.0354. The summed E-state index contributed by atoms with van der Waals surface area (Å²) in [5, 5.41) is 2.98. The summed E-state index contributed by atoms with van der Waals surface area (Å²) in [6.07, 6.45) is 2.07. The fourth-order valence-corrected chi connectivity index (χ4v) is 3.96. The van der Waals surface area contributed by atoms with Crippen molar-refractivity contribution in [2.45, 2.75) is 65.7 Å². The molecule has 0 bridgehead atoms. The molecular weight excluding hydrogens is 376 g/mol. The van der Waals surface area contributed by atoms with Crippen LogP contribution in [0.15, 0.2) is 42.6 Å². The third-order valence-corrected chi connectivity index (χ3v) is 5.39. The lowest BCUT2D eigenvalue weighted by molar-refractivity contribution is -0.134. The number of nitrogens with zero attached hydrogens (tertiary/aromatic N) is 3. The van der Waals surface area contributed by atoms with Crippen LogP contribution < -0.4 is 5.32 Å². The maximum atomic E-state index is 13.5. The number of aromatic nitrogens is 1. The molecule has 3 amide bonds. The van der Waals surface area contributed by atoms with E-state index in [1.165, 1.54) is 0 Å². The number of rotatable bonds is 4. The van der Waals surface area contributed by atoms with E-state index in [0.29, 0.717) is 6.54 Å². The van der Waals surface area contributed by atoms with Gasteiger partial charge >= 0.3 is 6.03 Å². The molecule has 162 valence electrons. The standard InChI is InChI=1S/C24H34N4O2/c1-17(2)28(23(30)25-24(4,5)6)16-21(29)27-14-13-26-12-8-11-20(26)22(27)19-10-7-9-18(3)15-19/h7-12,15,17,22H,13-14,16H2,1-6H3,(H,25,30). The molecule has 1 aliphatic rings. The van der Waals surface area contributed by atoms with Gasteiger partial charge in [0, 0.05) is 36.6 Å². The van der Waals surface area contributed by atoms with E-state index in [4.69, 9.17) is 0 Å². The molecule has 0 saturated heterocycles. The van der Waals surface area contributed by atoms with E-state index in [2.05, 4.69) is 47.3 Å². The summed E-state index contributed by atoms with van der Waals surface area (Å²) in [5.74, 6) is -0.0354. The Labute approximate surface area is 179 Å². The first-order valence-electron chi connectivity index (χ1n) is 10.7. The van der Waals surface area contributed by atoms with Crippen molar-refractivity contribution in [1.82, 2.24) is 19.7 Å². The topological polar surface area (TPSA) is 57.6 Å². The van der Waals surface area contributed by atoms with Gasteiger partial charge in [0.25, 0.3) is 0 Å². The van der Waals surface area contributed by atoms with E-state index < -0.39 is 0 Å². The minimum Gasteiger partial charge on any atom is -0.348 e. The Balaban J connectivity index is 1.88. The molecule has 0 saturated carbocycles. The van der Waals surface area contributed by atoms with E-state index in [1.807, 2.05) is 51.7 Å². The number of urea groups is 1. The quantitative estimate of drug-likeness (QED) is 0.830. The first-order chi connectivity index (χ1) is 14.1. The second kappa shape index (κ2) is 8.54. The molecule has 6 nitrogen and oxygen atoms in total. The van der Waals surface area contributed by atoms with E-state index in [-0.39, 0.29) is 36.1 Å². The molecule has 30 heavy (non-hydrogen) atoms. The summed E-state index contributed by atoms with van der Waals surface area (Å²) in [4.78, 5) is 29.8. The first-order valence-corrected chi connectivity index (χ1v) is 10.7. The third-order valence-electron chi connectivity index (χ3n) is 5.39. The number of carbonyl (C=O) groups excluding carboxylic acids is 2. The zero-order chi connectivity index (χ0) is 22.1. The van der Waals surface area contributed by atoms with Crippen LogP contribution in [0.4, 0.5) is 4.79 Å². The number of nitrogens with one attached hydrogen (secondary N) is 1. The van der Waals surface area contributed by atoms with Gasteiger partial charge in [-0.1, -0.05) is 29.8 Å². The van der Waals surface area contributed by atoms with Crippen molar-refractivity contribution in [2.24, 2.45) is 0 Å². The lowest BCUT2D eigenvalue weighted by atomic mass is 9.98. The zero-order valence-electron chi connectivity index (χ0n) is 19.0. The summed E-state index contributed by atoms with van der Waals surface area (Å²) in [6, 6.07) is 12.0. The van der Waals surface area contributed by atoms with Gasteiger partial charge in [-0.15, -0.1) is 0 Å². The van der Waals surface area contributed by atoms with Crippen molar-refractivity contribution >= 4 is 11.9 Å². The van der Waals surface area contributed by atoms with Crippen LogP contribution in [0, 0.1) is 6.92 Å². The van der Waals surface area contributed by atoms with Crippen molar-refractivity contribution in [1.29, 1.82) is 0 Å². The molecule has 0 fully saturated rings. The first kappa shape index (κ1) is 21.9. The van der Waals surface area contributed by atoms with Crippen LogP contribution >= 0.6 is 0 Å². The molecule has 1 aliphatic heterocycles. The lowest BCUT2D eigenvalue weighted by Gasteiger charge is -2.39. The number of carbonyl (C=O) groups is 2. The van der Waals surface area contributed by atoms with Crippen LogP contribution in [0.3, 0.4) is 0 Å². The third kappa shape index (κ3) is 4.86. The number of benzene rings is 1. The molecule has 1 unspecified atom stereocenters. The molecular formula is C24H34N4O2. The van der Waals surface area contributed by atoms with Gasteiger partial charge in [0.2, 0.25) is 5.91 Å². The minimum atomic E-state index is -0.358. The normalized spacial score (nSPS) is 16.4. The summed E-state index contributed by atoms with van der Waals surface area (Å²) in [7, 11) is 0. The van der Waals surface area contributed by atoms with Gasteiger partial charge in [0.15, 0.2) is 0 Å². The SMILES string of the molecule is Cc1cccc(C2c3cccn3CCN2C(=O)CN(C(=O)NC(C)(C)C)C(C)C)c1.